The third kappa shape index (κ3) is 414. The van der Waals surface area contributed by atoms with Crippen molar-refractivity contribution >= 4 is 67.0 Å². The van der Waals surface area contributed by atoms with Gasteiger partial charge in [-0.15, -0.1) is 0 Å². The van der Waals surface area contributed by atoms with E-state index in [2.05, 4.69) is 0 Å². The molecule has 0 heterocycles. The zero-order valence-corrected chi connectivity index (χ0v) is 19.8. The van der Waals surface area contributed by atoms with Crippen LogP contribution in [0.5, 0.6) is 0 Å². The minimum atomic E-state index is -2.33. The minimum Gasteiger partial charge on any atom is -0.652 e. The third-order valence-corrected chi connectivity index (χ3v) is 0. The molecule has 0 atom stereocenters. The molecule has 0 unspecified atom stereocenters. The van der Waals surface area contributed by atoms with E-state index in [1.54, 1.807) is 0 Å². The van der Waals surface area contributed by atoms with Crippen LogP contribution in [-0.2, 0) is 9.59 Å². The molecule has 0 amide bonds. The number of rotatable bonds is 0. The van der Waals surface area contributed by atoms with Crippen LogP contribution in [0.2, 0.25) is 0 Å². The molecule has 15 heavy (non-hydrogen) atoms. The Bertz CT molecular complexity index is 123. The quantitative estimate of drug-likeness (QED) is 0.372. The van der Waals surface area contributed by atoms with E-state index in [0.29, 0.717) is 0 Å². The van der Waals surface area contributed by atoms with Crippen molar-refractivity contribution < 1.29 is 138 Å². The normalized spacial score (nSPS) is 4.93. The van der Waals surface area contributed by atoms with Gasteiger partial charge in [-0.2, -0.15) is 0 Å². The van der Waals surface area contributed by atoms with Crippen LogP contribution in [0, 0.1) is 0 Å². The number of hydrogen-bond donors (Lipinski definition) is 0. The summed E-state index contributed by atoms with van der Waals surface area (Å²) in [6, 6.07) is 0. The largest absolute Gasteiger partial charge is 2.00 e. The maximum Gasteiger partial charge on any atom is 2.00 e. The first-order valence-corrected chi connectivity index (χ1v) is 2.43. The summed E-state index contributed by atoms with van der Waals surface area (Å²) in [4.78, 5) is 26.1. The Morgan fingerprint density at radius 3 is 0.733 bits per heavy atom. The van der Waals surface area contributed by atoms with Gasteiger partial charge in [0.15, 0.2) is 0 Å². The molecular formula is C5H6BaK2O7. The summed E-state index contributed by atoms with van der Waals surface area (Å²) in [7, 11) is 0. The van der Waals surface area contributed by atoms with E-state index in [4.69, 9.17) is 34.8 Å². The molecule has 0 aromatic heterocycles. The number of aliphatic carboxylic acids is 2. The van der Waals surface area contributed by atoms with Gasteiger partial charge in [0.1, 0.15) is 0 Å². The van der Waals surface area contributed by atoms with Crippen LogP contribution in [0.3, 0.4) is 0 Å². The fourth-order valence-corrected chi connectivity index (χ4v) is 0. The zero-order chi connectivity index (χ0) is 10.7. The van der Waals surface area contributed by atoms with Crippen LogP contribution < -0.4 is 123 Å². The van der Waals surface area contributed by atoms with Crippen LogP contribution in [0.4, 0.5) is 4.79 Å². The van der Waals surface area contributed by atoms with Crippen LogP contribution in [0.15, 0.2) is 0 Å². The van der Waals surface area contributed by atoms with Gasteiger partial charge in [0.05, 0.1) is 0 Å². The summed E-state index contributed by atoms with van der Waals surface area (Å²) in [6.45, 7) is 1.94. The van der Waals surface area contributed by atoms with Crippen LogP contribution >= 0.6 is 0 Å². The first-order chi connectivity index (χ1) is 5.20. The van der Waals surface area contributed by atoms with E-state index >= 15 is 0 Å². The first kappa shape index (κ1) is 36.1. The second kappa shape index (κ2) is 30.3. The van der Waals surface area contributed by atoms with Gasteiger partial charge >= 0.3 is 152 Å². The SMILES string of the molecule is CC(=O)[O-].CC(=O)[O-].O=C([O-])[O-].[Ba+2].[K+].[K+]. The van der Waals surface area contributed by atoms with Gasteiger partial charge in [-0.3, -0.25) is 0 Å². The molecule has 0 radical (unpaired) electrons. The van der Waals surface area contributed by atoms with Gasteiger partial charge < -0.3 is 34.8 Å². The van der Waals surface area contributed by atoms with Crippen LogP contribution in [-0.4, -0.2) is 67.0 Å². The van der Waals surface area contributed by atoms with E-state index in [0.717, 1.165) is 13.8 Å². The summed E-state index contributed by atoms with van der Waals surface area (Å²) >= 11 is 0. The molecule has 0 aromatic carbocycles. The molecular weight excluding hydrogens is 388 g/mol. The Balaban J connectivity index is -0.0000000184. The molecule has 0 aliphatic heterocycles. The minimum absolute atomic E-state index is 0. The average molecular weight is 394 g/mol. The smallest absolute Gasteiger partial charge is 0.652 e. The van der Waals surface area contributed by atoms with Crippen molar-refractivity contribution in [3.05, 3.63) is 0 Å². The molecule has 7 nitrogen and oxygen atoms in total. The van der Waals surface area contributed by atoms with E-state index in [1.807, 2.05) is 0 Å². The number of carbonyl (C=O) groups excluding carboxylic acids is 3. The molecule has 0 fully saturated rings. The van der Waals surface area contributed by atoms with Crippen LogP contribution in [0.1, 0.15) is 13.8 Å². The van der Waals surface area contributed by atoms with Crippen LogP contribution in [0.25, 0.3) is 0 Å². The zero-order valence-electron chi connectivity index (χ0n) is 9.06. The predicted molar refractivity (Wildman–Crippen MR) is 32.5 cm³/mol. The molecule has 0 saturated carbocycles. The standard InChI is InChI=1S/2C2H4O2.CH2O3.Ba.2K/c2*1-2(3)4;2-1(3)4;;;/h2*1H3,(H,3,4);(H2,2,3,4);;;/q;;;+2;2*+1/p-4. The van der Waals surface area contributed by atoms with Gasteiger partial charge in [0, 0.05) is 11.9 Å². The molecule has 0 rings (SSSR count). The van der Waals surface area contributed by atoms with Crippen molar-refractivity contribution in [3.8, 4) is 0 Å². The topological polar surface area (TPSA) is 143 Å². The van der Waals surface area contributed by atoms with E-state index in [1.165, 1.54) is 0 Å². The number of carboxylic acids is 2. The average Bonchev–Trinajstić information content (AvgIpc) is 1.54. The molecule has 0 aliphatic carbocycles. The maximum absolute atomic E-state index is 8.89. The van der Waals surface area contributed by atoms with Gasteiger partial charge in [-0.25, -0.2) is 0 Å². The van der Waals surface area contributed by atoms with Crippen molar-refractivity contribution in [2.24, 2.45) is 0 Å². The summed E-state index contributed by atoms with van der Waals surface area (Å²) in [5, 5.41) is 34.4. The molecule has 0 saturated heterocycles. The first-order valence-electron chi connectivity index (χ1n) is 2.43. The van der Waals surface area contributed by atoms with Crippen molar-refractivity contribution in [2.75, 3.05) is 0 Å². The van der Waals surface area contributed by atoms with Gasteiger partial charge in [-0.05, 0) is 20.0 Å². The van der Waals surface area contributed by atoms with Crippen molar-refractivity contribution in [1.82, 2.24) is 0 Å². The van der Waals surface area contributed by atoms with Gasteiger partial charge in [-0.1, -0.05) is 0 Å². The Morgan fingerprint density at radius 1 is 0.733 bits per heavy atom. The number of carbonyl (C=O) groups is 3. The summed E-state index contributed by atoms with van der Waals surface area (Å²) in [6.07, 6.45) is -2.33. The van der Waals surface area contributed by atoms with E-state index in [-0.39, 0.29) is 152 Å². The Morgan fingerprint density at radius 2 is 0.733 bits per heavy atom. The summed E-state index contributed by atoms with van der Waals surface area (Å²) in [5.74, 6) is -2.17. The molecule has 0 bridgehead atoms. The molecule has 0 spiro atoms. The van der Waals surface area contributed by atoms with E-state index < -0.39 is 18.1 Å². The molecule has 72 valence electrons. The van der Waals surface area contributed by atoms with Gasteiger partial charge in [0.25, 0.3) is 0 Å². The second-order valence-electron chi connectivity index (χ2n) is 1.23. The van der Waals surface area contributed by atoms with Crippen molar-refractivity contribution in [3.63, 3.8) is 0 Å². The Hall–Kier alpha value is 3.05. The molecule has 0 aliphatic rings. The number of carboxylic acid groups (broad SMARTS) is 4. The monoisotopic (exact) mass is 394 g/mol. The Kier molecular flexibility index (Phi) is 72.9. The molecule has 10 heteroatoms. The molecule has 0 aromatic rings. The van der Waals surface area contributed by atoms with E-state index in [9.17, 15) is 0 Å². The fraction of sp³-hybridized carbons (Fsp3) is 0.400. The summed E-state index contributed by atoms with van der Waals surface area (Å²) in [5.41, 5.74) is 0. The third-order valence-electron chi connectivity index (χ3n) is 0. The second-order valence-corrected chi connectivity index (χ2v) is 1.23. The fourth-order valence-electron chi connectivity index (χ4n) is 0. The van der Waals surface area contributed by atoms with Crippen molar-refractivity contribution in [2.45, 2.75) is 13.8 Å². The predicted octanol–water partition coefficient (Wildman–Crippen LogP) is -11.3. The number of hydrogen-bond acceptors (Lipinski definition) is 7. The van der Waals surface area contributed by atoms with Gasteiger partial charge in [0.2, 0.25) is 0 Å². The maximum atomic E-state index is 8.89. The summed E-state index contributed by atoms with van der Waals surface area (Å²) < 4.78 is 0. The van der Waals surface area contributed by atoms with Crippen molar-refractivity contribution in [1.29, 1.82) is 0 Å². The Labute approximate surface area is 212 Å². The molecule has 0 N–H and O–H groups in total.